The number of nitriles is 1. The number of aryl methyl sites for hydroxylation is 1. The quantitative estimate of drug-likeness (QED) is 0.624. The van der Waals surface area contributed by atoms with E-state index in [9.17, 15) is 14.9 Å². The van der Waals surface area contributed by atoms with Gasteiger partial charge in [0.1, 0.15) is 28.9 Å². The number of hydrogen-bond donors (Lipinski definition) is 0. The number of piperazine rings is 1. The third-order valence-corrected chi connectivity index (χ3v) is 6.01. The maximum absolute atomic E-state index is 12.3. The Bertz CT molecular complexity index is 1230. The minimum absolute atomic E-state index is 0.00376. The Labute approximate surface area is 164 Å². The lowest BCUT2D eigenvalue weighted by Crippen LogP contribution is -2.50. The summed E-state index contributed by atoms with van der Waals surface area (Å²) in [6, 6.07) is 4.07. The molecule has 1 saturated heterocycles. The van der Waals surface area contributed by atoms with Crippen molar-refractivity contribution in [2.75, 3.05) is 36.0 Å². The van der Waals surface area contributed by atoms with Crippen molar-refractivity contribution in [3.8, 4) is 6.07 Å². The number of rotatable bonds is 2. The van der Waals surface area contributed by atoms with Crippen LogP contribution in [-0.4, -0.2) is 45.3 Å². The molecule has 28 heavy (non-hydrogen) atoms. The van der Waals surface area contributed by atoms with Crippen molar-refractivity contribution in [3.05, 3.63) is 43.7 Å². The summed E-state index contributed by atoms with van der Waals surface area (Å²) >= 11 is 1.64. The van der Waals surface area contributed by atoms with Gasteiger partial charge in [-0.25, -0.2) is 14.8 Å². The average Bonchev–Trinajstić information content (AvgIpc) is 3.09. The van der Waals surface area contributed by atoms with Crippen LogP contribution in [0, 0.1) is 18.3 Å². The summed E-state index contributed by atoms with van der Waals surface area (Å²) in [4.78, 5) is 39.7. The summed E-state index contributed by atoms with van der Waals surface area (Å²) in [5, 5.41) is 10.5. The van der Waals surface area contributed by atoms with Gasteiger partial charge in [-0.15, -0.1) is 11.3 Å². The standard InChI is InChI=1S/C18H19N7O2S/c1-11-8-12-14(20-10-21-15(12)28-11)24-4-6-25(7-5-24)16-13(9-19)17(26)23(3)18(27)22(16)2/h8,10H,4-7H2,1-3H3. The molecule has 1 aliphatic rings. The maximum Gasteiger partial charge on any atom is 0.332 e. The fourth-order valence-corrected chi connectivity index (χ4v) is 4.49. The summed E-state index contributed by atoms with van der Waals surface area (Å²) < 4.78 is 2.34. The maximum atomic E-state index is 12.3. The molecule has 0 aromatic carbocycles. The molecular formula is C18H19N7O2S. The highest BCUT2D eigenvalue weighted by atomic mass is 32.1. The van der Waals surface area contributed by atoms with Gasteiger partial charge < -0.3 is 9.80 Å². The second-order valence-corrected chi connectivity index (χ2v) is 8.00. The molecule has 0 amide bonds. The Balaban J connectivity index is 1.66. The Kier molecular flexibility index (Phi) is 4.39. The van der Waals surface area contributed by atoms with Gasteiger partial charge in [0.2, 0.25) is 0 Å². The van der Waals surface area contributed by atoms with Crippen molar-refractivity contribution in [1.29, 1.82) is 5.26 Å². The van der Waals surface area contributed by atoms with Crippen molar-refractivity contribution < 1.29 is 0 Å². The molecule has 0 atom stereocenters. The van der Waals surface area contributed by atoms with Crippen LogP contribution < -0.4 is 21.0 Å². The number of anilines is 2. The molecule has 10 heteroatoms. The molecule has 0 spiro atoms. The summed E-state index contributed by atoms with van der Waals surface area (Å²) in [7, 11) is 2.98. The molecule has 0 radical (unpaired) electrons. The third kappa shape index (κ3) is 2.75. The second kappa shape index (κ2) is 6.76. The van der Waals surface area contributed by atoms with Crippen LogP contribution in [0.5, 0.6) is 0 Å². The lowest BCUT2D eigenvalue weighted by atomic mass is 10.2. The first kappa shape index (κ1) is 18.2. The first-order valence-corrected chi connectivity index (χ1v) is 9.65. The van der Waals surface area contributed by atoms with Gasteiger partial charge >= 0.3 is 5.69 Å². The summed E-state index contributed by atoms with van der Waals surface area (Å²) in [6.07, 6.45) is 1.58. The van der Waals surface area contributed by atoms with Crippen LogP contribution in [0.25, 0.3) is 10.2 Å². The molecular weight excluding hydrogens is 378 g/mol. The number of fused-ring (bicyclic) bond motifs is 1. The zero-order valence-corrected chi connectivity index (χ0v) is 16.7. The van der Waals surface area contributed by atoms with Crippen LogP contribution in [0.1, 0.15) is 10.4 Å². The van der Waals surface area contributed by atoms with Crippen LogP contribution in [0.2, 0.25) is 0 Å². The van der Waals surface area contributed by atoms with E-state index in [0.717, 1.165) is 20.6 Å². The van der Waals surface area contributed by atoms with E-state index >= 15 is 0 Å². The molecule has 0 aliphatic carbocycles. The molecule has 3 aromatic rings. The molecule has 9 nitrogen and oxygen atoms in total. The lowest BCUT2D eigenvalue weighted by Gasteiger charge is -2.37. The minimum atomic E-state index is -0.561. The minimum Gasteiger partial charge on any atom is -0.353 e. The lowest BCUT2D eigenvalue weighted by molar-refractivity contribution is 0.606. The topological polar surface area (TPSA) is 100 Å². The van der Waals surface area contributed by atoms with Crippen molar-refractivity contribution in [2.24, 2.45) is 14.1 Å². The van der Waals surface area contributed by atoms with Crippen molar-refractivity contribution in [2.45, 2.75) is 6.92 Å². The SMILES string of the molecule is Cc1cc2c(N3CCN(c4c(C#N)c(=O)n(C)c(=O)n4C)CC3)ncnc2s1. The number of thiophene rings is 1. The Hall–Kier alpha value is -3.19. The molecule has 0 N–H and O–H groups in total. The van der Waals surface area contributed by atoms with E-state index < -0.39 is 11.2 Å². The molecule has 1 aliphatic heterocycles. The van der Waals surface area contributed by atoms with E-state index in [-0.39, 0.29) is 5.56 Å². The highest BCUT2D eigenvalue weighted by Gasteiger charge is 2.26. The molecule has 4 heterocycles. The molecule has 3 aromatic heterocycles. The zero-order valence-electron chi connectivity index (χ0n) is 15.8. The fraction of sp³-hybridized carbons (Fsp3) is 0.389. The molecule has 4 rings (SSSR count). The van der Waals surface area contributed by atoms with Crippen LogP contribution in [0.4, 0.5) is 11.6 Å². The average molecular weight is 397 g/mol. The Morgan fingerprint density at radius 1 is 1.07 bits per heavy atom. The largest absolute Gasteiger partial charge is 0.353 e. The fourth-order valence-electron chi connectivity index (χ4n) is 3.65. The van der Waals surface area contributed by atoms with Crippen molar-refractivity contribution >= 4 is 33.2 Å². The number of hydrogen-bond acceptors (Lipinski definition) is 8. The van der Waals surface area contributed by atoms with Gasteiger partial charge in [-0.05, 0) is 13.0 Å². The first-order valence-electron chi connectivity index (χ1n) is 8.83. The number of nitrogens with zero attached hydrogens (tertiary/aromatic N) is 7. The van der Waals surface area contributed by atoms with Gasteiger partial charge in [0.05, 0.1) is 5.39 Å². The van der Waals surface area contributed by atoms with Gasteiger partial charge in [-0.2, -0.15) is 5.26 Å². The zero-order chi connectivity index (χ0) is 20.0. The Morgan fingerprint density at radius 2 is 1.75 bits per heavy atom. The first-order chi connectivity index (χ1) is 13.4. The number of aromatic nitrogens is 4. The highest BCUT2D eigenvalue weighted by molar-refractivity contribution is 7.18. The predicted molar refractivity (Wildman–Crippen MR) is 108 cm³/mol. The third-order valence-electron chi connectivity index (χ3n) is 5.06. The van der Waals surface area contributed by atoms with E-state index in [2.05, 4.69) is 20.9 Å². The smallest absolute Gasteiger partial charge is 0.332 e. The van der Waals surface area contributed by atoms with Crippen LogP contribution in [0.3, 0.4) is 0 Å². The van der Waals surface area contributed by atoms with Gasteiger partial charge in [0.15, 0.2) is 5.56 Å². The second-order valence-electron chi connectivity index (χ2n) is 6.76. The van der Waals surface area contributed by atoms with Crippen molar-refractivity contribution in [3.63, 3.8) is 0 Å². The normalized spacial score (nSPS) is 14.5. The van der Waals surface area contributed by atoms with Gasteiger partial charge in [0.25, 0.3) is 5.56 Å². The van der Waals surface area contributed by atoms with Crippen molar-refractivity contribution in [1.82, 2.24) is 19.1 Å². The van der Waals surface area contributed by atoms with Crippen LogP contribution in [-0.2, 0) is 14.1 Å². The van der Waals surface area contributed by atoms with Gasteiger partial charge in [-0.3, -0.25) is 13.9 Å². The summed E-state index contributed by atoms with van der Waals surface area (Å²) in [6.45, 7) is 4.52. The van der Waals surface area contributed by atoms with E-state index in [4.69, 9.17) is 0 Å². The molecule has 1 fully saturated rings. The van der Waals surface area contributed by atoms with Gasteiger partial charge in [-0.1, -0.05) is 0 Å². The van der Waals surface area contributed by atoms with Crippen LogP contribution >= 0.6 is 11.3 Å². The van der Waals surface area contributed by atoms with E-state index in [1.165, 1.54) is 16.5 Å². The molecule has 0 bridgehead atoms. The van der Waals surface area contributed by atoms with E-state index in [0.29, 0.717) is 32.0 Å². The monoisotopic (exact) mass is 397 g/mol. The molecule has 0 unspecified atom stereocenters. The predicted octanol–water partition coefficient (Wildman–Crippen LogP) is 0.595. The molecule has 0 saturated carbocycles. The van der Waals surface area contributed by atoms with E-state index in [1.54, 1.807) is 24.7 Å². The highest BCUT2D eigenvalue weighted by Crippen LogP contribution is 2.30. The van der Waals surface area contributed by atoms with Crippen LogP contribution in [0.15, 0.2) is 22.0 Å². The molecule has 144 valence electrons. The van der Waals surface area contributed by atoms with Gasteiger partial charge in [0, 0.05) is 45.2 Å². The summed E-state index contributed by atoms with van der Waals surface area (Å²) in [5.41, 5.74) is -1.00. The Morgan fingerprint density at radius 3 is 2.43 bits per heavy atom. The van der Waals surface area contributed by atoms with E-state index in [1.807, 2.05) is 17.9 Å². The summed E-state index contributed by atoms with van der Waals surface area (Å²) in [5.74, 6) is 1.28.